The molecule has 3 aromatic carbocycles. The number of carbonyl (C=O) groups excluding carboxylic acids is 1. The molecular formula is C41H42BrClN6O6. The summed E-state index contributed by atoms with van der Waals surface area (Å²) in [5.74, 6) is 0.408. The monoisotopic (exact) mass is 828 g/mol. The Labute approximate surface area is 332 Å². The third kappa shape index (κ3) is 10.3. The zero-order valence-electron chi connectivity index (χ0n) is 30.1. The summed E-state index contributed by atoms with van der Waals surface area (Å²) in [6.07, 6.45) is 9.42. The van der Waals surface area contributed by atoms with Crippen molar-refractivity contribution in [2.45, 2.75) is 64.4 Å². The predicted molar refractivity (Wildman–Crippen MR) is 212 cm³/mol. The summed E-state index contributed by atoms with van der Waals surface area (Å²) in [5.41, 5.74) is 5.57. The van der Waals surface area contributed by atoms with E-state index in [2.05, 4.69) is 60.5 Å². The molecule has 55 heavy (non-hydrogen) atoms. The highest BCUT2D eigenvalue weighted by Gasteiger charge is 2.22. The Hall–Kier alpha value is -4.84. The summed E-state index contributed by atoms with van der Waals surface area (Å²) in [7, 11) is 0. The minimum atomic E-state index is -1.19. The van der Waals surface area contributed by atoms with Gasteiger partial charge in [-0.1, -0.05) is 41.9 Å². The van der Waals surface area contributed by atoms with Crippen LogP contribution in [0, 0.1) is 17.2 Å². The molecule has 2 atom stereocenters. The molecule has 12 nitrogen and oxygen atoms in total. The SMILES string of the molecule is N#Cc1cncc(COc2cc(OCc3cccc(-c4cccc5c4cnn5CCCCNC[C@@H]4CCC(=O)C4)c3Br)c(Cl)cc2CN[C@@H](CO)C(=O)O)c1. The van der Waals surface area contributed by atoms with E-state index in [-0.39, 0.29) is 19.8 Å². The molecule has 5 aromatic rings. The van der Waals surface area contributed by atoms with Crippen LogP contribution in [0.15, 0.2) is 77.7 Å². The number of halogens is 2. The van der Waals surface area contributed by atoms with Crippen molar-refractivity contribution in [3.8, 4) is 28.7 Å². The number of unbranched alkanes of at least 4 members (excludes halogenated alkanes) is 1. The lowest BCUT2D eigenvalue weighted by Crippen LogP contribution is -2.39. The van der Waals surface area contributed by atoms with Gasteiger partial charge in [0.25, 0.3) is 0 Å². The van der Waals surface area contributed by atoms with Gasteiger partial charge in [0.2, 0.25) is 0 Å². The number of carboxylic acids is 1. The molecule has 2 aromatic heterocycles. The Morgan fingerprint density at radius 3 is 2.65 bits per heavy atom. The van der Waals surface area contributed by atoms with Gasteiger partial charge < -0.3 is 25.0 Å². The molecule has 0 spiro atoms. The van der Waals surface area contributed by atoms with E-state index in [1.54, 1.807) is 24.4 Å². The Kier molecular flexibility index (Phi) is 13.9. The zero-order valence-corrected chi connectivity index (χ0v) is 32.5. The highest BCUT2D eigenvalue weighted by Crippen LogP contribution is 2.38. The molecule has 1 aliphatic rings. The van der Waals surface area contributed by atoms with Crippen molar-refractivity contribution in [3.05, 3.63) is 105 Å². The summed E-state index contributed by atoms with van der Waals surface area (Å²) in [4.78, 5) is 27.1. The number of pyridine rings is 1. The molecule has 0 bridgehead atoms. The van der Waals surface area contributed by atoms with E-state index in [4.69, 9.17) is 26.2 Å². The zero-order chi connectivity index (χ0) is 38.7. The largest absolute Gasteiger partial charge is 0.488 e. The van der Waals surface area contributed by atoms with E-state index < -0.39 is 18.6 Å². The number of Topliss-reactive ketones (excluding diaryl/α,β-unsaturated/α-hetero) is 1. The Bertz CT molecular complexity index is 2190. The number of benzene rings is 3. The van der Waals surface area contributed by atoms with Crippen molar-refractivity contribution in [3.63, 3.8) is 0 Å². The smallest absolute Gasteiger partial charge is 0.323 e. The fraction of sp³-hybridized carbons (Fsp3) is 0.341. The third-order valence-corrected chi connectivity index (χ3v) is 10.9. The maximum Gasteiger partial charge on any atom is 0.323 e. The molecule has 286 valence electrons. The number of aliphatic carboxylic acids is 1. The third-order valence-electron chi connectivity index (χ3n) is 9.65. The van der Waals surface area contributed by atoms with Crippen LogP contribution in [0.5, 0.6) is 11.5 Å². The van der Waals surface area contributed by atoms with Gasteiger partial charge in [-0.25, -0.2) is 0 Å². The lowest BCUT2D eigenvalue weighted by molar-refractivity contribution is -0.140. The number of hydrogen-bond acceptors (Lipinski definition) is 10. The number of nitrogens with one attached hydrogen (secondary N) is 2. The second-order valence-electron chi connectivity index (χ2n) is 13.6. The van der Waals surface area contributed by atoms with Gasteiger partial charge in [-0.2, -0.15) is 10.4 Å². The lowest BCUT2D eigenvalue weighted by Gasteiger charge is -2.18. The minimum Gasteiger partial charge on any atom is -0.488 e. The van der Waals surface area contributed by atoms with E-state index in [1.165, 1.54) is 6.20 Å². The molecule has 1 fully saturated rings. The van der Waals surface area contributed by atoms with Crippen LogP contribution in [-0.2, 0) is 35.9 Å². The molecule has 0 radical (unpaired) electrons. The Morgan fingerprint density at radius 2 is 1.87 bits per heavy atom. The van der Waals surface area contributed by atoms with Crippen molar-refractivity contribution >= 4 is 50.2 Å². The quantitative estimate of drug-likeness (QED) is 0.0644. The summed E-state index contributed by atoms with van der Waals surface area (Å²) in [5, 5.41) is 40.6. The van der Waals surface area contributed by atoms with Crippen molar-refractivity contribution in [2.75, 3.05) is 19.7 Å². The van der Waals surface area contributed by atoms with Gasteiger partial charge in [0.05, 0.1) is 28.9 Å². The van der Waals surface area contributed by atoms with Gasteiger partial charge in [-0.3, -0.25) is 24.6 Å². The average molecular weight is 830 g/mol. The van der Waals surface area contributed by atoms with Crippen LogP contribution in [0.2, 0.25) is 5.02 Å². The van der Waals surface area contributed by atoms with Gasteiger partial charge in [0.15, 0.2) is 0 Å². The summed E-state index contributed by atoms with van der Waals surface area (Å²) in [6, 6.07) is 18.0. The van der Waals surface area contributed by atoms with Crippen LogP contribution in [0.25, 0.3) is 22.0 Å². The van der Waals surface area contributed by atoms with Crippen LogP contribution in [0.3, 0.4) is 0 Å². The van der Waals surface area contributed by atoms with Crippen LogP contribution >= 0.6 is 27.5 Å². The van der Waals surface area contributed by atoms with Crippen LogP contribution in [0.1, 0.15) is 54.4 Å². The number of aliphatic hydroxyl groups excluding tert-OH is 1. The number of nitrogens with zero attached hydrogens (tertiary/aromatic N) is 4. The fourth-order valence-electron chi connectivity index (χ4n) is 6.67. The number of ketones is 1. The van der Waals surface area contributed by atoms with Crippen LogP contribution in [0.4, 0.5) is 0 Å². The van der Waals surface area contributed by atoms with E-state index in [0.29, 0.717) is 51.3 Å². The normalized spacial score (nSPS) is 14.6. The number of carbonyl (C=O) groups is 2. The van der Waals surface area contributed by atoms with Gasteiger partial charge >= 0.3 is 5.97 Å². The lowest BCUT2D eigenvalue weighted by atomic mass is 10.00. The highest BCUT2D eigenvalue weighted by molar-refractivity contribution is 9.10. The fourth-order valence-corrected chi connectivity index (χ4v) is 7.50. The second kappa shape index (κ2) is 19.2. The number of aliphatic hydroxyl groups is 1. The van der Waals surface area contributed by atoms with Crippen molar-refractivity contribution in [1.29, 1.82) is 5.26 Å². The number of ether oxygens (including phenoxy) is 2. The first-order valence-corrected chi connectivity index (χ1v) is 19.3. The maximum absolute atomic E-state index is 11.5. The standard InChI is InChI=1S/C41H42BrClN6O6/c42-40-29(5-3-7-33(40)32-6-4-8-37-34(32)22-48-49(37)12-2-1-11-45-18-26-9-10-31(51)14-26)25-55-39-16-38(54-24-28-13-27(17-44)19-46-20-28)30(15-35(39)43)21-47-36(23-50)41(52)53/h3-8,13,15-16,19-20,22,26,36,45,47,50H,1-2,9-12,14,18,21,23-25H2,(H,52,53)/t26-,36+/m1/s1. The van der Waals surface area contributed by atoms with Crippen molar-refractivity contribution in [2.24, 2.45) is 5.92 Å². The molecule has 2 heterocycles. The van der Waals surface area contributed by atoms with Crippen molar-refractivity contribution in [1.82, 2.24) is 25.4 Å². The molecule has 4 N–H and O–H groups in total. The first-order valence-electron chi connectivity index (χ1n) is 18.2. The second-order valence-corrected chi connectivity index (χ2v) is 14.8. The van der Waals surface area contributed by atoms with Gasteiger partial charge in [-0.15, -0.1) is 0 Å². The predicted octanol–water partition coefficient (Wildman–Crippen LogP) is 6.82. The summed E-state index contributed by atoms with van der Waals surface area (Å²) in [6.45, 7) is 2.33. The maximum atomic E-state index is 11.5. The van der Waals surface area contributed by atoms with E-state index in [9.17, 15) is 25.1 Å². The Morgan fingerprint density at radius 1 is 1.05 bits per heavy atom. The molecule has 0 amide bonds. The molecule has 14 heteroatoms. The van der Waals surface area contributed by atoms with Crippen molar-refractivity contribution < 1.29 is 29.3 Å². The number of rotatable bonds is 19. The molecule has 1 aliphatic carbocycles. The van der Waals surface area contributed by atoms with Gasteiger partial charge in [0.1, 0.15) is 42.6 Å². The van der Waals surface area contributed by atoms with E-state index in [0.717, 1.165) is 77.4 Å². The Balaban J connectivity index is 1.14. The van der Waals surface area contributed by atoms with Gasteiger partial charge in [-0.05, 0) is 83.5 Å². The van der Waals surface area contributed by atoms with Crippen LogP contribution < -0.4 is 20.1 Å². The molecule has 6 rings (SSSR count). The summed E-state index contributed by atoms with van der Waals surface area (Å²) >= 11 is 10.5. The van der Waals surface area contributed by atoms with E-state index >= 15 is 0 Å². The highest BCUT2D eigenvalue weighted by atomic mass is 79.9. The molecule has 1 saturated carbocycles. The number of carboxylic acid groups (broad SMARTS) is 1. The molecule has 0 saturated heterocycles. The number of aryl methyl sites for hydroxylation is 1. The topological polar surface area (TPSA) is 172 Å². The van der Waals surface area contributed by atoms with Gasteiger partial charge in [0, 0.05) is 70.9 Å². The molecule has 0 aliphatic heterocycles. The number of fused-ring (bicyclic) bond motifs is 1. The average Bonchev–Trinajstić information content (AvgIpc) is 3.81. The first-order chi connectivity index (χ1) is 26.7. The van der Waals surface area contributed by atoms with Crippen LogP contribution in [-0.4, -0.2) is 62.5 Å². The number of hydrogen-bond donors (Lipinski definition) is 4. The molecular weight excluding hydrogens is 788 g/mol. The summed E-state index contributed by atoms with van der Waals surface area (Å²) < 4.78 is 15.3. The number of aromatic nitrogens is 3. The molecule has 0 unspecified atom stereocenters. The first kappa shape index (κ1) is 39.8. The number of nitriles is 1. The minimum absolute atomic E-state index is 0.0424. The van der Waals surface area contributed by atoms with E-state index in [1.807, 2.05) is 24.4 Å².